The molecule has 2 N–H and O–H groups in total. The van der Waals surface area contributed by atoms with E-state index in [1.54, 1.807) is 0 Å². The summed E-state index contributed by atoms with van der Waals surface area (Å²) in [6, 6.07) is 0. The Morgan fingerprint density at radius 1 is 1.50 bits per heavy atom. The Balaban J connectivity index is 2.74. The highest BCUT2D eigenvalue weighted by molar-refractivity contribution is 5.25. The zero-order chi connectivity index (χ0) is 7.40. The van der Waals surface area contributed by atoms with Gasteiger partial charge >= 0.3 is 0 Å². The predicted octanol–water partition coefficient (Wildman–Crippen LogP) is 0.384. The van der Waals surface area contributed by atoms with Crippen molar-refractivity contribution >= 4 is 0 Å². The molecule has 0 fully saturated rings. The maximum Gasteiger partial charge on any atom is 0.0889 e. The van der Waals surface area contributed by atoms with Crippen LogP contribution in [0, 0.1) is 0 Å². The first-order chi connectivity index (χ1) is 4.88. The molecule has 0 atom stereocenters. The van der Waals surface area contributed by atoms with Crippen LogP contribution in [0.3, 0.4) is 0 Å². The number of rotatable bonds is 1. The van der Waals surface area contributed by atoms with Crippen molar-refractivity contribution in [3.63, 3.8) is 0 Å². The summed E-state index contributed by atoms with van der Waals surface area (Å²) in [5.41, 5.74) is 3.26. The lowest BCUT2D eigenvalue weighted by atomic mass is 10.3. The van der Waals surface area contributed by atoms with Gasteiger partial charge in [-0.3, -0.25) is 0 Å². The Morgan fingerprint density at radius 2 is 2.30 bits per heavy atom. The van der Waals surface area contributed by atoms with E-state index in [-0.39, 0.29) is 0 Å². The van der Waals surface area contributed by atoms with Gasteiger partial charge in [0.05, 0.1) is 18.9 Å². The molecule has 54 valence electrons. The zero-order valence-corrected chi connectivity index (χ0v) is 6.41. The highest BCUT2D eigenvalue weighted by atomic mass is 15.5. The maximum atomic E-state index is 2.08. The second kappa shape index (κ2) is 3.22. The van der Waals surface area contributed by atoms with Crippen LogP contribution in [0.1, 0.15) is 6.92 Å². The summed E-state index contributed by atoms with van der Waals surface area (Å²) in [4.78, 5) is 0. The van der Waals surface area contributed by atoms with Crippen LogP contribution in [0.15, 0.2) is 36.2 Å². The molecule has 1 heterocycles. The molecule has 2 nitrogen and oxygen atoms in total. The van der Waals surface area contributed by atoms with E-state index in [1.807, 2.05) is 37.7 Å². The molecule has 1 rings (SSSR count). The Hall–Kier alpha value is -1.02. The number of nitrogens with zero attached hydrogens (tertiary/aromatic N) is 1. The molecule has 2 heteroatoms. The summed E-state index contributed by atoms with van der Waals surface area (Å²) < 4.78 is 0. The summed E-state index contributed by atoms with van der Waals surface area (Å²) in [5.74, 6) is 0. The molecule has 0 radical (unpaired) electrons. The molecule has 0 aromatic rings. The van der Waals surface area contributed by atoms with Crippen LogP contribution < -0.4 is 5.43 Å². The van der Waals surface area contributed by atoms with Crippen molar-refractivity contribution in [3.8, 4) is 0 Å². The van der Waals surface area contributed by atoms with Gasteiger partial charge in [-0.15, -0.1) is 0 Å². The van der Waals surface area contributed by atoms with Gasteiger partial charge in [-0.1, -0.05) is 12.2 Å². The third kappa shape index (κ3) is 1.28. The van der Waals surface area contributed by atoms with E-state index in [1.165, 1.54) is 5.70 Å². The Labute approximate surface area is 61.5 Å². The summed E-state index contributed by atoms with van der Waals surface area (Å²) in [6.45, 7) is 2.04. The van der Waals surface area contributed by atoms with E-state index in [0.717, 1.165) is 0 Å². The Morgan fingerprint density at radius 3 is 2.80 bits per heavy atom. The minimum atomic E-state index is 1.23. The zero-order valence-electron chi connectivity index (χ0n) is 6.41. The molecule has 1 aliphatic heterocycles. The Bertz CT molecular complexity index is 189. The van der Waals surface area contributed by atoms with Gasteiger partial charge in [-0.25, -0.2) is 10.4 Å². The van der Waals surface area contributed by atoms with Gasteiger partial charge in [-0.2, -0.15) is 0 Å². The van der Waals surface area contributed by atoms with E-state index in [9.17, 15) is 0 Å². The first-order valence-corrected chi connectivity index (χ1v) is 3.47. The third-order valence-corrected chi connectivity index (χ3v) is 1.50. The number of hydrogen-bond donors (Lipinski definition) is 1. The van der Waals surface area contributed by atoms with Crippen LogP contribution in [-0.4, -0.2) is 12.1 Å². The van der Waals surface area contributed by atoms with Gasteiger partial charge in [0.1, 0.15) is 0 Å². The molecule has 0 bridgehead atoms. The van der Waals surface area contributed by atoms with Crippen LogP contribution in [-0.2, 0) is 0 Å². The molecule has 0 saturated heterocycles. The van der Waals surface area contributed by atoms with Crippen LogP contribution in [0.4, 0.5) is 0 Å². The molecule has 0 spiro atoms. The van der Waals surface area contributed by atoms with Gasteiger partial charge in [0.2, 0.25) is 0 Å². The molecular weight excluding hydrogens is 124 g/mol. The second-order valence-electron chi connectivity index (χ2n) is 2.08. The lowest BCUT2D eigenvalue weighted by molar-refractivity contribution is -0.760. The van der Waals surface area contributed by atoms with E-state index < -0.39 is 0 Å². The third-order valence-electron chi connectivity index (χ3n) is 1.50. The largest absolute Gasteiger partial charge is 0.242 e. The second-order valence-corrected chi connectivity index (χ2v) is 2.08. The maximum absolute atomic E-state index is 2.08. The average molecular weight is 137 g/mol. The van der Waals surface area contributed by atoms with Crippen LogP contribution in [0.25, 0.3) is 0 Å². The smallest absolute Gasteiger partial charge is 0.0889 e. The van der Waals surface area contributed by atoms with Crippen molar-refractivity contribution in [1.82, 2.24) is 5.01 Å². The van der Waals surface area contributed by atoms with Crippen LogP contribution in [0.5, 0.6) is 0 Å². The topological polar surface area (TPSA) is 19.9 Å². The molecule has 0 aliphatic carbocycles. The predicted molar refractivity (Wildman–Crippen MR) is 41.7 cm³/mol. The molecular formula is C8H13N2+. The fourth-order valence-electron chi connectivity index (χ4n) is 0.949. The monoisotopic (exact) mass is 137 g/mol. The van der Waals surface area contributed by atoms with Gasteiger partial charge < -0.3 is 0 Å². The number of hydrogen-bond acceptors (Lipinski definition) is 1. The number of nitrogens with two attached hydrogens (primary N) is 1. The average Bonchev–Trinajstić information content (AvgIpc) is 2.04. The highest BCUT2D eigenvalue weighted by Crippen LogP contribution is 2.04. The van der Waals surface area contributed by atoms with Crippen molar-refractivity contribution in [2.45, 2.75) is 6.92 Å². The van der Waals surface area contributed by atoms with E-state index >= 15 is 0 Å². The van der Waals surface area contributed by atoms with Gasteiger partial charge in [0, 0.05) is 0 Å². The van der Waals surface area contributed by atoms with Crippen LogP contribution in [0.2, 0.25) is 0 Å². The first kappa shape index (κ1) is 7.09. The Kier molecular flexibility index (Phi) is 2.29. The van der Waals surface area contributed by atoms with E-state index in [2.05, 4.69) is 17.2 Å². The normalized spacial score (nSPS) is 20.6. The van der Waals surface area contributed by atoms with Crippen molar-refractivity contribution in [1.29, 1.82) is 0 Å². The van der Waals surface area contributed by atoms with Crippen molar-refractivity contribution < 1.29 is 5.43 Å². The minimum absolute atomic E-state index is 1.23. The summed E-state index contributed by atoms with van der Waals surface area (Å²) in [6.07, 6.45) is 10.3. The molecule has 0 unspecified atom stereocenters. The fourth-order valence-corrected chi connectivity index (χ4v) is 0.949. The summed E-state index contributed by atoms with van der Waals surface area (Å²) in [5, 5.41) is 2.08. The molecule has 0 amide bonds. The molecule has 0 aromatic heterocycles. The van der Waals surface area contributed by atoms with E-state index in [4.69, 9.17) is 0 Å². The number of quaternary nitrogens is 1. The molecule has 10 heavy (non-hydrogen) atoms. The van der Waals surface area contributed by atoms with Crippen LogP contribution >= 0.6 is 0 Å². The minimum Gasteiger partial charge on any atom is -0.242 e. The lowest BCUT2D eigenvalue weighted by Crippen LogP contribution is -2.88. The van der Waals surface area contributed by atoms with Gasteiger partial charge in [-0.05, 0) is 19.1 Å². The lowest BCUT2D eigenvalue weighted by Gasteiger charge is -2.17. The summed E-state index contributed by atoms with van der Waals surface area (Å²) >= 11 is 0. The summed E-state index contributed by atoms with van der Waals surface area (Å²) in [7, 11) is 2.02. The fraction of sp³-hybridized carbons (Fsp3) is 0.250. The standard InChI is InChI=1S/C8H12N2/c1-3-8-6-4-5-7-10(8)9-2/h3-7,9H,1-2H3/p+1/b8-3-. The molecule has 1 aliphatic rings. The van der Waals surface area contributed by atoms with E-state index in [0.29, 0.717) is 0 Å². The molecule has 0 aromatic carbocycles. The SMILES string of the molecule is C/C=C1/C=CC=CN1[NH2+]C. The first-order valence-electron chi connectivity index (χ1n) is 3.47. The quantitative estimate of drug-likeness (QED) is 0.518. The highest BCUT2D eigenvalue weighted by Gasteiger charge is 2.03. The van der Waals surface area contributed by atoms with Gasteiger partial charge in [0.25, 0.3) is 0 Å². The van der Waals surface area contributed by atoms with Crippen molar-refractivity contribution in [3.05, 3.63) is 36.2 Å². The number of allylic oxidation sites excluding steroid dienone is 4. The molecule has 0 saturated carbocycles. The van der Waals surface area contributed by atoms with Crippen molar-refractivity contribution in [2.24, 2.45) is 0 Å². The van der Waals surface area contributed by atoms with Crippen molar-refractivity contribution in [2.75, 3.05) is 7.05 Å². The van der Waals surface area contributed by atoms with Gasteiger partial charge in [0.15, 0.2) is 0 Å².